The largest absolute Gasteiger partial charge is 0.312 e. The molecule has 0 radical (unpaired) electrons. The molecule has 0 saturated heterocycles. The lowest BCUT2D eigenvalue weighted by atomic mass is 9.81. The van der Waals surface area contributed by atoms with Crippen LogP contribution in [0.3, 0.4) is 0 Å². The van der Waals surface area contributed by atoms with Gasteiger partial charge in [-0.1, -0.05) is 26.2 Å². The minimum atomic E-state index is 0.914. The van der Waals surface area contributed by atoms with Gasteiger partial charge in [0.2, 0.25) is 0 Å². The van der Waals surface area contributed by atoms with E-state index in [1.54, 1.807) is 0 Å². The third-order valence-electron chi connectivity index (χ3n) is 4.18. The maximum atomic E-state index is 3.63. The number of thiophene rings is 1. The number of nitrogens with one attached hydrogen (secondary N) is 1. The molecule has 102 valence electrons. The lowest BCUT2D eigenvalue weighted by Gasteiger charge is -2.27. The van der Waals surface area contributed by atoms with Crippen LogP contribution in [0.2, 0.25) is 0 Å². The molecule has 0 amide bonds. The van der Waals surface area contributed by atoms with Crippen molar-refractivity contribution in [3.63, 3.8) is 0 Å². The Labute approximate surface area is 123 Å². The fourth-order valence-corrected chi connectivity index (χ4v) is 4.42. The summed E-state index contributed by atoms with van der Waals surface area (Å²) in [5.41, 5.74) is 0. The van der Waals surface area contributed by atoms with Crippen LogP contribution in [0, 0.1) is 18.8 Å². The highest BCUT2D eigenvalue weighted by Crippen LogP contribution is 2.30. The van der Waals surface area contributed by atoms with Crippen molar-refractivity contribution < 1.29 is 0 Å². The van der Waals surface area contributed by atoms with Gasteiger partial charge in [0.05, 0.1) is 0 Å². The van der Waals surface area contributed by atoms with Crippen LogP contribution in [0.5, 0.6) is 0 Å². The molecule has 1 aliphatic carbocycles. The SMILES string of the molecule is CCC1CCC(CNCc2cc(Br)c(C)s2)CC1. The van der Waals surface area contributed by atoms with Crippen LogP contribution in [0.4, 0.5) is 0 Å². The molecule has 1 N–H and O–H groups in total. The van der Waals surface area contributed by atoms with Gasteiger partial charge >= 0.3 is 0 Å². The summed E-state index contributed by atoms with van der Waals surface area (Å²) in [4.78, 5) is 2.83. The highest BCUT2D eigenvalue weighted by molar-refractivity contribution is 9.10. The van der Waals surface area contributed by atoms with Crippen molar-refractivity contribution in [2.75, 3.05) is 6.54 Å². The first-order valence-corrected chi connectivity index (χ1v) is 8.75. The van der Waals surface area contributed by atoms with E-state index in [2.05, 4.69) is 41.2 Å². The summed E-state index contributed by atoms with van der Waals surface area (Å²) in [6.45, 7) is 6.74. The molecule has 1 nitrogen and oxygen atoms in total. The van der Waals surface area contributed by atoms with E-state index >= 15 is 0 Å². The standard InChI is InChI=1S/C15H24BrNS/c1-3-12-4-6-13(7-5-12)9-17-10-14-8-15(16)11(2)18-14/h8,12-13,17H,3-7,9-10H2,1-2H3. The van der Waals surface area contributed by atoms with E-state index in [1.807, 2.05) is 11.3 Å². The van der Waals surface area contributed by atoms with Gasteiger partial charge < -0.3 is 5.32 Å². The summed E-state index contributed by atoms with van der Waals surface area (Å²) in [5.74, 6) is 1.93. The third-order valence-corrected chi connectivity index (χ3v) is 6.32. The van der Waals surface area contributed by atoms with Gasteiger partial charge in [0.25, 0.3) is 0 Å². The second-order valence-corrected chi connectivity index (χ2v) is 7.74. The normalized spacial score (nSPS) is 24.4. The summed E-state index contributed by atoms with van der Waals surface area (Å²) in [6, 6.07) is 2.25. The molecular formula is C15H24BrNS. The van der Waals surface area contributed by atoms with Crippen molar-refractivity contribution in [2.45, 2.75) is 52.5 Å². The van der Waals surface area contributed by atoms with Gasteiger partial charge in [0.1, 0.15) is 0 Å². The summed E-state index contributed by atoms with van der Waals surface area (Å²) in [6.07, 6.45) is 7.14. The van der Waals surface area contributed by atoms with Crippen molar-refractivity contribution in [1.29, 1.82) is 0 Å². The number of hydrogen-bond donors (Lipinski definition) is 1. The minimum absolute atomic E-state index is 0.914. The third kappa shape index (κ3) is 4.07. The second-order valence-electron chi connectivity index (χ2n) is 5.54. The lowest BCUT2D eigenvalue weighted by Crippen LogP contribution is -2.25. The van der Waals surface area contributed by atoms with Crippen molar-refractivity contribution in [3.05, 3.63) is 20.3 Å². The summed E-state index contributed by atoms with van der Waals surface area (Å²) in [7, 11) is 0. The van der Waals surface area contributed by atoms with E-state index in [-0.39, 0.29) is 0 Å². The summed E-state index contributed by atoms with van der Waals surface area (Å²) in [5, 5.41) is 3.63. The average Bonchev–Trinajstić information content (AvgIpc) is 2.69. The second kappa shape index (κ2) is 7.06. The van der Waals surface area contributed by atoms with Crippen LogP contribution in [-0.4, -0.2) is 6.54 Å². The molecule has 1 aromatic rings. The molecule has 18 heavy (non-hydrogen) atoms. The minimum Gasteiger partial charge on any atom is -0.312 e. The monoisotopic (exact) mass is 329 g/mol. The highest BCUT2D eigenvalue weighted by Gasteiger charge is 2.19. The van der Waals surface area contributed by atoms with E-state index in [0.717, 1.165) is 18.4 Å². The van der Waals surface area contributed by atoms with Gasteiger partial charge in [0.15, 0.2) is 0 Å². The van der Waals surface area contributed by atoms with Crippen molar-refractivity contribution >= 4 is 27.3 Å². The predicted octanol–water partition coefficient (Wildman–Crippen LogP) is 5.13. The first kappa shape index (κ1) is 14.5. The molecular weight excluding hydrogens is 306 g/mol. The van der Waals surface area contributed by atoms with Crippen LogP contribution in [0.1, 0.15) is 48.8 Å². The Morgan fingerprint density at radius 3 is 2.50 bits per heavy atom. The van der Waals surface area contributed by atoms with Gasteiger partial charge in [-0.15, -0.1) is 11.3 Å². The Hall–Kier alpha value is 0.140. The highest BCUT2D eigenvalue weighted by atomic mass is 79.9. The van der Waals surface area contributed by atoms with Gasteiger partial charge in [0, 0.05) is 20.8 Å². The Morgan fingerprint density at radius 1 is 1.28 bits per heavy atom. The molecule has 1 fully saturated rings. The molecule has 0 aliphatic heterocycles. The van der Waals surface area contributed by atoms with E-state index in [9.17, 15) is 0 Å². The first-order chi connectivity index (χ1) is 8.69. The van der Waals surface area contributed by atoms with Crippen LogP contribution < -0.4 is 5.32 Å². The predicted molar refractivity (Wildman–Crippen MR) is 84.2 cm³/mol. The van der Waals surface area contributed by atoms with Crippen LogP contribution >= 0.6 is 27.3 Å². The zero-order valence-corrected chi connectivity index (χ0v) is 13.9. The quantitative estimate of drug-likeness (QED) is 0.790. The van der Waals surface area contributed by atoms with Crippen molar-refractivity contribution in [3.8, 4) is 0 Å². The molecule has 0 aromatic carbocycles. The van der Waals surface area contributed by atoms with Crippen molar-refractivity contribution in [2.24, 2.45) is 11.8 Å². The zero-order chi connectivity index (χ0) is 13.0. The van der Waals surface area contributed by atoms with E-state index in [4.69, 9.17) is 0 Å². The van der Waals surface area contributed by atoms with E-state index in [0.29, 0.717) is 0 Å². The fourth-order valence-electron chi connectivity index (χ4n) is 2.85. The summed E-state index contributed by atoms with van der Waals surface area (Å²) < 4.78 is 1.26. The molecule has 2 rings (SSSR count). The summed E-state index contributed by atoms with van der Waals surface area (Å²) >= 11 is 5.48. The fraction of sp³-hybridized carbons (Fsp3) is 0.733. The maximum absolute atomic E-state index is 3.63. The Bertz CT molecular complexity index is 347. The molecule has 0 spiro atoms. The van der Waals surface area contributed by atoms with Gasteiger partial charge in [-0.05, 0) is 60.1 Å². The molecule has 1 aromatic heterocycles. The Morgan fingerprint density at radius 2 is 1.94 bits per heavy atom. The van der Waals surface area contributed by atoms with Crippen molar-refractivity contribution in [1.82, 2.24) is 5.32 Å². The first-order valence-electron chi connectivity index (χ1n) is 7.14. The van der Waals surface area contributed by atoms with Gasteiger partial charge in [-0.25, -0.2) is 0 Å². The number of halogens is 1. The maximum Gasteiger partial charge on any atom is 0.0314 e. The Balaban J connectivity index is 1.67. The number of hydrogen-bond acceptors (Lipinski definition) is 2. The molecule has 0 bridgehead atoms. The van der Waals surface area contributed by atoms with Crippen LogP contribution in [0.15, 0.2) is 10.5 Å². The van der Waals surface area contributed by atoms with Gasteiger partial charge in [-0.2, -0.15) is 0 Å². The van der Waals surface area contributed by atoms with Crippen LogP contribution in [0.25, 0.3) is 0 Å². The molecule has 1 heterocycles. The van der Waals surface area contributed by atoms with E-state index < -0.39 is 0 Å². The smallest absolute Gasteiger partial charge is 0.0314 e. The molecule has 0 atom stereocenters. The lowest BCUT2D eigenvalue weighted by molar-refractivity contribution is 0.262. The molecule has 3 heteroatoms. The Kier molecular flexibility index (Phi) is 5.71. The molecule has 1 saturated carbocycles. The molecule has 1 aliphatic rings. The number of aryl methyl sites for hydroxylation is 1. The number of rotatable bonds is 5. The topological polar surface area (TPSA) is 12.0 Å². The van der Waals surface area contributed by atoms with Crippen LogP contribution in [-0.2, 0) is 6.54 Å². The van der Waals surface area contributed by atoms with E-state index in [1.165, 1.54) is 52.9 Å². The van der Waals surface area contributed by atoms with Gasteiger partial charge in [-0.3, -0.25) is 0 Å². The average molecular weight is 330 g/mol. The molecule has 0 unspecified atom stereocenters. The zero-order valence-electron chi connectivity index (χ0n) is 11.5.